The van der Waals surface area contributed by atoms with Gasteiger partial charge < -0.3 is 20.1 Å². The van der Waals surface area contributed by atoms with Crippen LogP contribution in [0.25, 0.3) is 0 Å². The Kier molecular flexibility index (Phi) is 6.34. The Balaban J connectivity index is 1.66. The summed E-state index contributed by atoms with van der Waals surface area (Å²) in [6.45, 7) is 4.33. The van der Waals surface area contributed by atoms with Gasteiger partial charge in [0.2, 0.25) is 0 Å². The fourth-order valence-corrected chi connectivity index (χ4v) is 2.78. The Morgan fingerprint density at radius 2 is 1.52 bits per heavy atom. The summed E-state index contributed by atoms with van der Waals surface area (Å²) in [4.78, 5) is 16.9. The van der Waals surface area contributed by atoms with Crippen molar-refractivity contribution in [3.63, 3.8) is 0 Å². The first-order valence-electron chi connectivity index (χ1n) is 9.36. The number of amides is 1. The lowest BCUT2D eigenvalue weighted by Crippen LogP contribution is -2.12. The lowest BCUT2D eigenvalue weighted by molar-refractivity contribution is 0.102. The molecule has 3 aromatic rings. The molecule has 1 amide bonds. The van der Waals surface area contributed by atoms with Gasteiger partial charge in [0.15, 0.2) is 0 Å². The molecule has 3 rings (SSSR count). The number of hydrogen-bond acceptors (Lipinski definition) is 5. The quantitative estimate of drug-likeness (QED) is 0.578. The van der Waals surface area contributed by atoms with Crippen LogP contribution >= 0.6 is 0 Å². The molecule has 0 atom stereocenters. The summed E-state index contributed by atoms with van der Waals surface area (Å²) >= 11 is 0. The SMILES string of the molecule is COc1cc(OC)cc(C(=O)Nc2ccc(Nc3ccc(C(C)C)cc3)nc2)c1. The van der Waals surface area contributed by atoms with Crippen molar-refractivity contribution < 1.29 is 14.3 Å². The number of nitrogens with zero attached hydrogens (tertiary/aromatic N) is 1. The number of carbonyl (C=O) groups excluding carboxylic acids is 1. The normalized spacial score (nSPS) is 10.5. The van der Waals surface area contributed by atoms with E-state index in [-0.39, 0.29) is 5.91 Å². The summed E-state index contributed by atoms with van der Waals surface area (Å²) in [5, 5.41) is 6.09. The van der Waals surface area contributed by atoms with E-state index in [1.165, 1.54) is 5.56 Å². The molecule has 0 bridgehead atoms. The maximum absolute atomic E-state index is 12.5. The van der Waals surface area contributed by atoms with Crippen molar-refractivity contribution in [2.45, 2.75) is 19.8 Å². The molecule has 1 heterocycles. The van der Waals surface area contributed by atoms with E-state index < -0.39 is 0 Å². The van der Waals surface area contributed by atoms with Gasteiger partial charge in [-0.3, -0.25) is 4.79 Å². The molecule has 0 aliphatic heterocycles. The average Bonchev–Trinajstić information content (AvgIpc) is 2.75. The van der Waals surface area contributed by atoms with E-state index in [0.29, 0.717) is 34.5 Å². The third kappa shape index (κ3) is 5.25. The zero-order valence-electron chi connectivity index (χ0n) is 17.0. The van der Waals surface area contributed by atoms with Crippen molar-refractivity contribution in [2.24, 2.45) is 0 Å². The zero-order chi connectivity index (χ0) is 20.8. The first kappa shape index (κ1) is 20.2. The lowest BCUT2D eigenvalue weighted by atomic mass is 10.0. The van der Waals surface area contributed by atoms with Gasteiger partial charge in [-0.1, -0.05) is 26.0 Å². The standard InChI is InChI=1S/C23H25N3O3/c1-15(2)16-5-7-18(8-6-16)25-22-10-9-19(14-24-22)26-23(27)17-11-20(28-3)13-21(12-17)29-4/h5-15H,1-4H3,(H,24,25)(H,26,27). The number of anilines is 3. The van der Waals surface area contributed by atoms with E-state index >= 15 is 0 Å². The first-order chi connectivity index (χ1) is 14.0. The van der Waals surface area contributed by atoms with Gasteiger partial charge in [-0.15, -0.1) is 0 Å². The Labute approximate surface area is 170 Å². The average molecular weight is 391 g/mol. The van der Waals surface area contributed by atoms with Crippen molar-refractivity contribution >= 4 is 23.1 Å². The molecule has 0 aliphatic rings. The summed E-state index contributed by atoms with van der Waals surface area (Å²) < 4.78 is 10.4. The highest BCUT2D eigenvalue weighted by molar-refractivity contribution is 6.04. The number of ether oxygens (including phenoxy) is 2. The summed E-state index contributed by atoms with van der Waals surface area (Å²) in [5.41, 5.74) is 3.28. The number of carbonyl (C=O) groups is 1. The van der Waals surface area contributed by atoms with Gasteiger partial charge in [0.25, 0.3) is 5.91 Å². The third-order valence-corrected chi connectivity index (χ3v) is 4.48. The number of rotatable bonds is 7. The van der Waals surface area contributed by atoms with Crippen molar-refractivity contribution in [2.75, 3.05) is 24.9 Å². The van der Waals surface area contributed by atoms with Crippen LogP contribution in [0.15, 0.2) is 60.8 Å². The fourth-order valence-electron chi connectivity index (χ4n) is 2.78. The predicted octanol–water partition coefficient (Wildman–Crippen LogP) is 5.22. The van der Waals surface area contributed by atoms with Crippen LogP contribution in [-0.2, 0) is 0 Å². The van der Waals surface area contributed by atoms with Gasteiger partial charge in [-0.2, -0.15) is 0 Å². The topological polar surface area (TPSA) is 72.5 Å². The second kappa shape index (κ2) is 9.10. The highest BCUT2D eigenvalue weighted by atomic mass is 16.5. The Morgan fingerprint density at radius 1 is 0.897 bits per heavy atom. The molecule has 0 unspecified atom stereocenters. The van der Waals surface area contributed by atoms with Crippen molar-refractivity contribution in [3.8, 4) is 11.5 Å². The molecule has 0 radical (unpaired) electrons. The molecule has 0 saturated heterocycles. The molecule has 0 saturated carbocycles. The summed E-state index contributed by atoms with van der Waals surface area (Å²) in [6, 6.07) is 16.9. The van der Waals surface area contributed by atoms with Crippen LogP contribution in [0.5, 0.6) is 11.5 Å². The van der Waals surface area contributed by atoms with Crippen LogP contribution in [0.2, 0.25) is 0 Å². The second-order valence-corrected chi connectivity index (χ2v) is 6.89. The molecule has 0 fully saturated rings. The van der Waals surface area contributed by atoms with Crippen molar-refractivity contribution in [3.05, 3.63) is 71.9 Å². The van der Waals surface area contributed by atoms with Crippen LogP contribution in [0.1, 0.15) is 35.7 Å². The number of methoxy groups -OCH3 is 2. The summed E-state index contributed by atoms with van der Waals surface area (Å²) in [7, 11) is 3.09. The zero-order valence-corrected chi connectivity index (χ0v) is 17.0. The van der Waals surface area contributed by atoms with E-state index in [1.807, 2.05) is 18.2 Å². The van der Waals surface area contributed by atoms with Crippen LogP contribution in [0, 0.1) is 0 Å². The number of aromatic nitrogens is 1. The minimum atomic E-state index is -0.269. The third-order valence-electron chi connectivity index (χ3n) is 4.48. The predicted molar refractivity (Wildman–Crippen MR) is 116 cm³/mol. The molecule has 150 valence electrons. The maximum Gasteiger partial charge on any atom is 0.255 e. The number of hydrogen-bond donors (Lipinski definition) is 2. The van der Waals surface area contributed by atoms with E-state index in [9.17, 15) is 4.79 Å². The van der Waals surface area contributed by atoms with Gasteiger partial charge in [-0.05, 0) is 47.9 Å². The number of benzene rings is 2. The van der Waals surface area contributed by atoms with Gasteiger partial charge in [0.1, 0.15) is 17.3 Å². The molecule has 2 N–H and O–H groups in total. The number of pyridine rings is 1. The lowest BCUT2D eigenvalue weighted by Gasteiger charge is -2.11. The second-order valence-electron chi connectivity index (χ2n) is 6.89. The minimum Gasteiger partial charge on any atom is -0.497 e. The van der Waals surface area contributed by atoms with Crippen LogP contribution < -0.4 is 20.1 Å². The van der Waals surface area contributed by atoms with E-state index in [2.05, 4.69) is 41.6 Å². The fraction of sp³-hybridized carbons (Fsp3) is 0.217. The van der Waals surface area contributed by atoms with E-state index in [4.69, 9.17) is 9.47 Å². The van der Waals surface area contributed by atoms with Crippen LogP contribution in [-0.4, -0.2) is 25.1 Å². The Hall–Kier alpha value is -3.54. The molecular formula is C23H25N3O3. The van der Waals surface area contributed by atoms with Gasteiger partial charge >= 0.3 is 0 Å². The summed E-state index contributed by atoms with van der Waals surface area (Å²) in [6.07, 6.45) is 1.61. The van der Waals surface area contributed by atoms with Gasteiger partial charge in [-0.25, -0.2) is 4.98 Å². The largest absolute Gasteiger partial charge is 0.497 e. The van der Waals surface area contributed by atoms with E-state index in [1.54, 1.807) is 44.7 Å². The maximum atomic E-state index is 12.5. The highest BCUT2D eigenvalue weighted by Gasteiger charge is 2.10. The van der Waals surface area contributed by atoms with Crippen LogP contribution in [0.4, 0.5) is 17.2 Å². The molecule has 6 heteroatoms. The number of nitrogens with one attached hydrogen (secondary N) is 2. The molecule has 2 aromatic carbocycles. The molecule has 0 spiro atoms. The van der Waals surface area contributed by atoms with Crippen molar-refractivity contribution in [1.82, 2.24) is 4.98 Å². The molecule has 0 aliphatic carbocycles. The van der Waals surface area contributed by atoms with Crippen LogP contribution in [0.3, 0.4) is 0 Å². The Morgan fingerprint density at radius 3 is 2.03 bits per heavy atom. The van der Waals surface area contributed by atoms with Gasteiger partial charge in [0.05, 0.1) is 26.1 Å². The summed E-state index contributed by atoms with van der Waals surface area (Å²) in [5.74, 6) is 2.03. The first-order valence-corrected chi connectivity index (χ1v) is 9.36. The van der Waals surface area contributed by atoms with Gasteiger partial charge in [0, 0.05) is 17.3 Å². The minimum absolute atomic E-state index is 0.269. The molecular weight excluding hydrogens is 366 g/mol. The molecule has 6 nitrogen and oxygen atoms in total. The highest BCUT2D eigenvalue weighted by Crippen LogP contribution is 2.24. The molecule has 1 aromatic heterocycles. The smallest absolute Gasteiger partial charge is 0.255 e. The van der Waals surface area contributed by atoms with Crippen molar-refractivity contribution in [1.29, 1.82) is 0 Å². The van der Waals surface area contributed by atoms with E-state index in [0.717, 1.165) is 5.69 Å². The molecule has 29 heavy (non-hydrogen) atoms. The monoisotopic (exact) mass is 391 g/mol. The Bertz CT molecular complexity index is 945.